The van der Waals surface area contributed by atoms with E-state index in [1.165, 1.54) is 0 Å². The molecule has 1 atom stereocenters. The molecule has 3 aromatic rings. The molecule has 0 aliphatic heterocycles. The number of aryl methyl sites for hydroxylation is 1. The van der Waals surface area contributed by atoms with Crippen molar-refractivity contribution in [2.24, 2.45) is 0 Å². The van der Waals surface area contributed by atoms with E-state index in [0.717, 1.165) is 21.1 Å². The Morgan fingerprint density at radius 1 is 1.15 bits per heavy atom. The minimum Gasteiger partial charge on any atom is -0.473 e. The van der Waals surface area contributed by atoms with Gasteiger partial charge in [0.1, 0.15) is 11.6 Å². The molecule has 0 N–H and O–H groups in total. The van der Waals surface area contributed by atoms with E-state index in [1.807, 2.05) is 61.7 Å². The molecular weight excluding hydrogens is 360 g/mol. The number of esters is 1. The van der Waals surface area contributed by atoms with Crippen molar-refractivity contribution in [3.05, 3.63) is 75.9 Å². The van der Waals surface area contributed by atoms with Crippen LogP contribution in [0.3, 0.4) is 0 Å². The second kappa shape index (κ2) is 9.28. The first-order valence-electron chi connectivity index (χ1n) is 8.87. The van der Waals surface area contributed by atoms with Gasteiger partial charge in [-0.3, -0.25) is 4.79 Å². The number of aromatic nitrogens is 2. The zero-order chi connectivity index (χ0) is 19.1. The van der Waals surface area contributed by atoms with E-state index in [1.54, 1.807) is 18.3 Å². The summed E-state index contributed by atoms with van der Waals surface area (Å²) in [5, 5.41) is 0.855. The van der Waals surface area contributed by atoms with Crippen LogP contribution in [0.25, 0.3) is 0 Å². The first-order valence-corrected chi connectivity index (χ1v) is 9.69. The SMILES string of the molecule is CCOC(=O)CC(c1cccc(OCc2ccccc2)n1)c1ncc(C)s1. The number of hydrogen-bond acceptors (Lipinski definition) is 6. The molecule has 0 spiro atoms. The summed E-state index contributed by atoms with van der Waals surface area (Å²) in [6.07, 6.45) is 2.02. The Labute approximate surface area is 163 Å². The standard InChI is InChI=1S/C21H22N2O3S/c1-3-25-20(24)12-17(21-22-13-15(2)27-21)18-10-7-11-19(23-18)26-14-16-8-5-4-6-9-16/h4-11,13,17H,3,12,14H2,1-2H3. The Hall–Kier alpha value is -2.73. The molecule has 3 rings (SSSR count). The molecule has 0 aliphatic carbocycles. The van der Waals surface area contributed by atoms with Gasteiger partial charge in [-0.25, -0.2) is 9.97 Å². The van der Waals surface area contributed by atoms with Crippen LogP contribution < -0.4 is 4.74 Å². The maximum absolute atomic E-state index is 12.1. The molecule has 0 radical (unpaired) electrons. The lowest BCUT2D eigenvalue weighted by atomic mass is 10.0. The summed E-state index contributed by atoms with van der Waals surface area (Å²) in [6, 6.07) is 15.5. The zero-order valence-corrected chi connectivity index (χ0v) is 16.2. The summed E-state index contributed by atoms with van der Waals surface area (Å²) in [7, 11) is 0. The van der Waals surface area contributed by atoms with Crippen LogP contribution >= 0.6 is 11.3 Å². The first-order chi connectivity index (χ1) is 13.2. The molecule has 0 aliphatic rings. The molecule has 2 aromatic heterocycles. The van der Waals surface area contributed by atoms with Gasteiger partial charge in [0.05, 0.1) is 24.6 Å². The highest BCUT2D eigenvalue weighted by molar-refractivity contribution is 7.11. The first kappa shape index (κ1) is 19.0. The van der Waals surface area contributed by atoms with Gasteiger partial charge < -0.3 is 9.47 Å². The largest absolute Gasteiger partial charge is 0.473 e. The van der Waals surface area contributed by atoms with E-state index < -0.39 is 0 Å². The van der Waals surface area contributed by atoms with Crippen molar-refractivity contribution in [3.8, 4) is 5.88 Å². The topological polar surface area (TPSA) is 61.3 Å². The van der Waals surface area contributed by atoms with Crippen molar-refractivity contribution in [1.82, 2.24) is 9.97 Å². The number of hydrogen-bond donors (Lipinski definition) is 0. The van der Waals surface area contributed by atoms with Crippen LogP contribution in [0.1, 0.15) is 40.4 Å². The number of thiazole rings is 1. The molecule has 0 amide bonds. The Bertz CT molecular complexity index is 880. The Morgan fingerprint density at radius 2 is 1.96 bits per heavy atom. The lowest BCUT2D eigenvalue weighted by Gasteiger charge is -2.14. The van der Waals surface area contributed by atoms with Gasteiger partial charge in [-0.1, -0.05) is 36.4 Å². The maximum Gasteiger partial charge on any atom is 0.306 e. The number of carbonyl (C=O) groups excluding carboxylic acids is 1. The number of nitrogens with zero attached hydrogens (tertiary/aromatic N) is 2. The van der Waals surface area contributed by atoms with Crippen molar-refractivity contribution in [2.45, 2.75) is 32.8 Å². The zero-order valence-electron chi connectivity index (χ0n) is 15.4. The molecule has 140 valence electrons. The van der Waals surface area contributed by atoms with Crippen LogP contribution in [0.5, 0.6) is 5.88 Å². The van der Waals surface area contributed by atoms with Gasteiger partial charge in [0.25, 0.3) is 0 Å². The summed E-state index contributed by atoms with van der Waals surface area (Å²) in [4.78, 5) is 22.3. The number of rotatable bonds is 8. The summed E-state index contributed by atoms with van der Waals surface area (Å²) in [6.45, 7) is 4.60. The van der Waals surface area contributed by atoms with E-state index in [0.29, 0.717) is 19.1 Å². The van der Waals surface area contributed by atoms with Crippen LogP contribution in [-0.4, -0.2) is 22.5 Å². The summed E-state index contributed by atoms with van der Waals surface area (Å²) in [5.41, 5.74) is 1.83. The number of pyridine rings is 1. The quantitative estimate of drug-likeness (QED) is 0.537. The molecule has 2 heterocycles. The second-order valence-corrected chi connectivity index (χ2v) is 7.31. The average Bonchev–Trinajstić information content (AvgIpc) is 3.12. The number of benzene rings is 1. The molecule has 6 heteroatoms. The highest BCUT2D eigenvalue weighted by Crippen LogP contribution is 2.31. The number of ether oxygens (including phenoxy) is 2. The molecule has 1 unspecified atom stereocenters. The fourth-order valence-corrected chi connectivity index (χ4v) is 3.56. The van der Waals surface area contributed by atoms with Crippen molar-refractivity contribution in [1.29, 1.82) is 0 Å². The van der Waals surface area contributed by atoms with Gasteiger partial charge >= 0.3 is 5.97 Å². The van der Waals surface area contributed by atoms with Crippen molar-refractivity contribution < 1.29 is 14.3 Å². The normalized spacial score (nSPS) is 11.8. The fraction of sp³-hybridized carbons (Fsp3) is 0.286. The minimum atomic E-state index is -0.257. The highest BCUT2D eigenvalue weighted by Gasteiger charge is 2.23. The van der Waals surface area contributed by atoms with E-state index in [2.05, 4.69) is 9.97 Å². The van der Waals surface area contributed by atoms with Crippen LogP contribution in [0.2, 0.25) is 0 Å². The van der Waals surface area contributed by atoms with E-state index in [4.69, 9.17) is 9.47 Å². The smallest absolute Gasteiger partial charge is 0.306 e. The predicted molar refractivity (Wildman–Crippen MR) is 105 cm³/mol. The van der Waals surface area contributed by atoms with E-state index in [-0.39, 0.29) is 18.3 Å². The van der Waals surface area contributed by atoms with E-state index >= 15 is 0 Å². The predicted octanol–water partition coefficient (Wildman–Crippen LogP) is 4.51. The van der Waals surface area contributed by atoms with Gasteiger partial charge in [-0.15, -0.1) is 11.3 Å². The Balaban J connectivity index is 1.80. The molecule has 0 saturated heterocycles. The third-order valence-electron chi connectivity index (χ3n) is 3.95. The molecular formula is C21H22N2O3S. The Morgan fingerprint density at radius 3 is 2.67 bits per heavy atom. The number of carbonyl (C=O) groups is 1. The molecule has 1 aromatic carbocycles. The molecule has 0 saturated carbocycles. The molecule has 0 fully saturated rings. The molecule has 27 heavy (non-hydrogen) atoms. The van der Waals surface area contributed by atoms with Crippen molar-refractivity contribution in [2.75, 3.05) is 6.61 Å². The van der Waals surface area contributed by atoms with Crippen molar-refractivity contribution >= 4 is 17.3 Å². The van der Waals surface area contributed by atoms with E-state index in [9.17, 15) is 4.79 Å². The average molecular weight is 382 g/mol. The second-order valence-electron chi connectivity index (χ2n) is 6.05. The molecule has 5 nitrogen and oxygen atoms in total. The third kappa shape index (κ3) is 5.37. The van der Waals surface area contributed by atoms with Crippen LogP contribution in [0.4, 0.5) is 0 Å². The van der Waals surface area contributed by atoms with Gasteiger partial charge in [-0.2, -0.15) is 0 Å². The highest BCUT2D eigenvalue weighted by atomic mass is 32.1. The van der Waals surface area contributed by atoms with Gasteiger partial charge in [0, 0.05) is 17.1 Å². The monoisotopic (exact) mass is 382 g/mol. The maximum atomic E-state index is 12.1. The van der Waals surface area contributed by atoms with Crippen LogP contribution in [0, 0.1) is 6.92 Å². The van der Waals surface area contributed by atoms with Gasteiger partial charge in [0.15, 0.2) is 0 Å². The molecule has 0 bridgehead atoms. The summed E-state index contributed by atoms with van der Waals surface area (Å²) < 4.78 is 11.0. The fourth-order valence-electron chi connectivity index (χ4n) is 2.68. The summed E-state index contributed by atoms with van der Waals surface area (Å²) >= 11 is 1.57. The minimum absolute atomic E-state index is 0.204. The lowest BCUT2D eigenvalue weighted by molar-refractivity contribution is -0.143. The van der Waals surface area contributed by atoms with Crippen molar-refractivity contribution in [3.63, 3.8) is 0 Å². The van der Waals surface area contributed by atoms with Crippen LogP contribution in [-0.2, 0) is 16.1 Å². The lowest BCUT2D eigenvalue weighted by Crippen LogP contribution is -2.13. The third-order valence-corrected chi connectivity index (χ3v) is 4.97. The van der Waals surface area contributed by atoms with Gasteiger partial charge in [-0.05, 0) is 25.5 Å². The summed E-state index contributed by atoms with van der Waals surface area (Å²) in [5.74, 6) is 0.0225. The Kier molecular flexibility index (Phi) is 6.54. The van der Waals surface area contributed by atoms with Gasteiger partial charge in [0.2, 0.25) is 5.88 Å². The van der Waals surface area contributed by atoms with Crippen LogP contribution in [0.15, 0.2) is 54.7 Å².